The van der Waals surface area contributed by atoms with E-state index in [1.54, 1.807) is 12.1 Å². The van der Waals surface area contributed by atoms with E-state index in [1.807, 2.05) is 45.0 Å². The van der Waals surface area contributed by atoms with Gasteiger partial charge in [0, 0.05) is 4.47 Å². The number of sulfonamides is 1. The maximum atomic E-state index is 12.6. The number of rotatable bonds is 8. The highest BCUT2D eigenvalue weighted by atomic mass is 79.9. The number of halogens is 1. The fraction of sp³-hybridized carbons (Fsp3) is 0.300. The number of amides is 1. The van der Waals surface area contributed by atoms with Crippen molar-refractivity contribution in [2.24, 2.45) is 11.0 Å². The van der Waals surface area contributed by atoms with Crippen molar-refractivity contribution in [1.82, 2.24) is 10.1 Å². The van der Waals surface area contributed by atoms with Crippen LogP contribution in [0.15, 0.2) is 63.0 Å². The maximum absolute atomic E-state index is 12.6. The first-order valence-electron chi connectivity index (χ1n) is 8.85. The van der Waals surface area contributed by atoms with Gasteiger partial charge in [-0.25, -0.2) is 13.8 Å². The van der Waals surface area contributed by atoms with Crippen LogP contribution in [0.1, 0.15) is 31.4 Å². The Bertz CT molecular complexity index is 924. The minimum absolute atomic E-state index is 0.118. The molecule has 0 spiro atoms. The molecule has 0 aromatic heterocycles. The number of nitrogens with zero attached hydrogens (tertiary/aromatic N) is 1. The van der Waals surface area contributed by atoms with Crippen molar-refractivity contribution in [3.8, 4) is 0 Å². The molecule has 0 bridgehead atoms. The van der Waals surface area contributed by atoms with E-state index < -0.39 is 22.0 Å². The van der Waals surface area contributed by atoms with Gasteiger partial charge in [0.25, 0.3) is 5.91 Å². The molecule has 6 nitrogen and oxygen atoms in total. The molecule has 0 saturated carbocycles. The molecule has 2 N–H and O–H groups in total. The lowest BCUT2D eigenvalue weighted by Crippen LogP contribution is -2.46. The quantitative estimate of drug-likeness (QED) is 0.461. The zero-order valence-corrected chi connectivity index (χ0v) is 18.4. The monoisotopic (exact) mass is 465 g/mol. The summed E-state index contributed by atoms with van der Waals surface area (Å²) in [6.07, 6.45) is 1.86. The van der Waals surface area contributed by atoms with Crippen molar-refractivity contribution in [2.75, 3.05) is 0 Å². The second kappa shape index (κ2) is 9.95. The van der Waals surface area contributed by atoms with Crippen LogP contribution in [0.2, 0.25) is 0 Å². The summed E-state index contributed by atoms with van der Waals surface area (Å²) in [5, 5.41) is 3.94. The lowest BCUT2D eigenvalue weighted by atomic mass is 10.0. The minimum Gasteiger partial charge on any atom is -0.271 e. The average molecular weight is 466 g/mol. The fourth-order valence-electron chi connectivity index (χ4n) is 2.45. The normalized spacial score (nSPS) is 13.0. The van der Waals surface area contributed by atoms with Crippen molar-refractivity contribution in [3.05, 3.63) is 64.1 Å². The molecule has 2 aromatic rings. The van der Waals surface area contributed by atoms with E-state index in [0.717, 1.165) is 15.6 Å². The first kappa shape index (κ1) is 22.3. The highest BCUT2D eigenvalue weighted by Crippen LogP contribution is 2.13. The van der Waals surface area contributed by atoms with Crippen LogP contribution in [0.25, 0.3) is 0 Å². The number of benzene rings is 2. The van der Waals surface area contributed by atoms with E-state index >= 15 is 0 Å². The Morgan fingerprint density at radius 1 is 1.11 bits per heavy atom. The summed E-state index contributed by atoms with van der Waals surface area (Å²) >= 11 is 3.35. The van der Waals surface area contributed by atoms with E-state index in [4.69, 9.17) is 0 Å². The number of carbonyl (C=O) groups excluding carboxylic acids is 1. The number of hydrogen-bond donors (Lipinski definition) is 2. The van der Waals surface area contributed by atoms with Crippen molar-refractivity contribution >= 4 is 38.1 Å². The Labute approximate surface area is 174 Å². The molecule has 0 unspecified atom stereocenters. The summed E-state index contributed by atoms with van der Waals surface area (Å²) in [6.45, 7) is 5.72. The molecule has 0 aliphatic rings. The van der Waals surface area contributed by atoms with Gasteiger partial charge in [0.15, 0.2) is 0 Å². The van der Waals surface area contributed by atoms with E-state index in [1.165, 1.54) is 18.3 Å². The predicted octanol–water partition coefficient (Wildman–Crippen LogP) is 3.60. The van der Waals surface area contributed by atoms with Crippen molar-refractivity contribution in [1.29, 1.82) is 0 Å². The Hall–Kier alpha value is -2.03. The van der Waals surface area contributed by atoms with E-state index in [-0.39, 0.29) is 10.8 Å². The van der Waals surface area contributed by atoms with Gasteiger partial charge in [-0.05, 0) is 49.1 Å². The highest BCUT2D eigenvalue weighted by molar-refractivity contribution is 9.10. The molecule has 28 heavy (non-hydrogen) atoms. The molecule has 1 amide bonds. The van der Waals surface area contributed by atoms with Gasteiger partial charge < -0.3 is 0 Å². The van der Waals surface area contributed by atoms with Gasteiger partial charge in [0.2, 0.25) is 10.0 Å². The van der Waals surface area contributed by atoms with Gasteiger partial charge in [0.1, 0.15) is 6.04 Å². The lowest BCUT2D eigenvalue weighted by Gasteiger charge is -2.19. The SMILES string of the molecule is Cc1ccc(S(=O)(=O)N[C@H](CC(C)C)C(=O)N/N=C\c2ccc(Br)cc2)cc1. The van der Waals surface area contributed by atoms with Crippen LogP contribution in [0.5, 0.6) is 0 Å². The van der Waals surface area contributed by atoms with Crippen LogP contribution in [-0.2, 0) is 14.8 Å². The van der Waals surface area contributed by atoms with E-state index in [2.05, 4.69) is 31.2 Å². The zero-order valence-electron chi connectivity index (χ0n) is 16.0. The number of carbonyl (C=O) groups is 1. The Kier molecular flexibility index (Phi) is 7.91. The third kappa shape index (κ3) is 6.85. The first-order valence-corrected chi connectivity index (χ1v) is 11.1. The summed E-state index contributed by atoms with van der Waals surface area (Å²) in [4.78, 5) is 12.7. The van der Waals surface area contributed by atoms with E-state index in [0.29, 0.717) is 6.42 Å². The summed E-state index contributed by atoms with van der Waals surface area (Å²) in [5.74, 6) is -0.385. The highest BCUT2D eigenvalue weighted by Gasteiger charge is 2.26. The smallest absolute Gasteiger partial charge is 0.258 e. The van der Waals surface area contributed by atoms with Gasteiger partial charge in [0.05, 0.1) is 11.1 Å². The molecular formula is C20H24BrN3O3S. The molecule has 2 aromatic carbocycles. The second-order valence-corrected chi connectivity index (χ2v) is 9.53. The summed E-state index contributed by atoms with van der Waals surface area (Å²) in [5.41, 5.74) is 4.19. The molecule has 2 rings (SSSR count). The Morgan fingerprint density at radius 3 is 2.29 bits per heavy atom. The maximum Gasteiger partial charge on any atom is 0.258 e. The predicted molar refractivity (Wildman–Crippen MR) is 115 cm³/mol. The van der Waals surface area contributed by atoms with Gasteiger partial charge in [-0.15, -0.1) is 0 Å². The number of aryl methyl sites for hydroxylation is 1. The third-order valence-corrected chi connectivity index (χ3v) is 5.93. The van der Waals surface area contributed by atoms with Crippen molar-refractivity contribution < 1.29 is 13.2 Å². The topological polar surface area (TPSA) is 87.6 Å². The number of hydrogen-bond acceptors (Lipinski definition) is 4. The molecule has 0 heterocycles. The largest absolute Gasteiger partial charge is 0.271 e. The van der Waals surface area contributed by atoms with Crippen LogP contribution in [0.4, 0.5) is 0 Å². The van der Waals surface area contributed by atoms with Gasteiger partial charge in [-0.1, -0.05) is 59.6 Å². The summed E-state index contributed by atoms with van der Waals surface area (Å²) in [6, 6.07) is 13.0. The molecule has 0 radical (unpaired) electrons. The molecule has 8 heteroatoms. The Morgan fingerprint density at radius 2 is 1.71 bits per heavy atom. The zero-order chi connectivity index (χ0) is 20.7. The Balaban J connectivity index is 2.10. The van der Waals surface area contributed by atoms with Crippen LogP contribution in [0.3, 0.4) is 0 Å². The van der Waals surface area contributed by atoms with Crippen molar-refractivity contribution in [3.63, 3.8) is 0 Å². The summed E-state index contributed by atoms with van der Waals surface area (Å²) in [7, 11) is -3.82. The molecule has 0 aliphatic heterocycles. The van der Waals surface area contributed by atoms with Gasteiger partial charge in [-0.2, -0.15) is 9.82 Å². The molecule has 150 valence electrons. The summed E-state index contributed by atoms with van der Waals surface area (Å²) < 4.78 is 28.7. The molecule has 1 atom stereocenters. The van der Waals surface area contributed by atoms with E-state index in [9.17, 15) is 13.2 Å². The number of nitrogens with one attached hydrogen (secondary N) is 2. The third-order valence-electron chi connectivity index (χ3n) is 3.91. The second-order valence-electron chi connectivity index (χ2n) is 6.90. The van der Waals surface area contributed by atoms with Crippen LogP contribution in [0, 0.1) is 12.8 Å². The van der Waals surface area contributed by atoms with Gasteiger partial charge in [-0.3, -0.25) is 4.79 Å². The molecule has 0 aliphatic carbocycles. The van der Waals surface area contributed by atoms with Crippen LogP contribution >= 0.6 is 15.9 Å². The molecule has 0 fully saturated rings. The fourth-order valence-corrected chi connectivity index (χ4v) is 3.92. The molecular weight excluding hydrogens is 442 g/mol. The van der Waals surface area contributed by atoms with Gasteiger partial charge >= 0.3 is 0 Å². The van der Waals surface area contributed by atoms with Crippen LogP contribution in [-0.4, -0.2) is 26.6 Å². The van der Waals surface area contributed by atoms with Crippen molar-refractivity contribution in [2.45, 2.75) is 38.1 Å². The average Bonchev–Trinajstić information content (AvgIpc) is 2.62. The minimum atomic E-state index is -3.82. The molecule has 0 saturated heterocycles. The van der Waals surface area contributed by atoms with Crippen LogP contribution < -0.4 is 10.1 Å². The lowest BCUT2D eigenvalue weighted by molar-refractivity contribution is -0.123. The number of hydrazone groups is 1. The first-order chi connectivity index (χ1) is 13.2. The standard InChI is InChI=1S/C20H24BrN3O3S/c1-14(2)12-19(24-28(26,27)18-10-4-15(3)5-11-18)20(25)23-22-13-16-6-8-17(21)9-7-16/h4-11,13-14,19,24H,12H2,1-3H3,(H,23,25)/b22-13-/t19-/m1/s1.